The Labute approximate surface area is 190 Å². The van der Waals surface area contributed by atoms with Gasteiger partial charge in [0, 0.05) is 0 Å². The summed E-state index contributed by atoms with van der Waals surface area (Å²) in [5.41, 5.74) is 4.97. The van der Waals surface area contributed by atoms with E-state index < -0.39 is 21.6 Å². The van der Waals surface area contributed by atoms with Gasteiger partial charge < -0.3 is 0 Å². The minimum absolute atomic E-state index is 0.289. The molecule has 0 unspecified atom stereocenters. The van der Waals surface area contributed by atoms with E-state index >= 15 is 0 Å². The number of imide groups is 1. The van der Waals surface area contributed by atoms with Crippen LogP contribution in [-0.2, 0) is 25.8 Å². The van der Waals surface area contributed by atoms with Crippen molar-refractivity contribution in [2.75, 3.05) is 4.90 Å². The molecule has 2 atom stereocenters. The molecule has 0 saturated carbocycles. The summed E-state index contributed by atoms with van der Waals surface area (Å²) in [4.78, 5) is 26.7. The Kier molecular flexibility index (Phi) is 3.83. The van der Waals surface area contributed by atoms with E-state index in [1.54, 1.807) is 0 Å². The van der Waals surface area contributed by atoms with Gasteiger partial charge in [0.05, 0.1) is 17.5 Å². The first-order valence-corrected chi connectivity index (χ1v) is 11.2. The maximum atomic E-state index is 13.8. The summed E-state index contributed by atoms with van der Waals surface area (Å²) in [6, 6.07) is 22.9. The molecule has 0 spiro atoms. The molecule has 154 valence electrons. The third-order valence-electron chi connectivity index (χ3n) is 7.19. The lowest BCUT2D eigenvalue weighted by Crippen LogP contribution is -2.57. The second kappa shape index (κ2) is 6.21. The molecule has 3 aliphatic carbocycles. The highest BCUT2D eigenvalue weighted by molar-refractivity contribution is 6.38. The third kappa shape index (κ3) is 2.11. The first-order chi connectivity index (χ1) is 14.9. The number of hydrogen-bond acceptors (Lipinski definition) is 2. The molecule has 1 heterocycles. The maximum Gasteiger partial charge on any atom is 0.240 e. The van der Waals surface area contributed by atoms with Crippen LogP contribution in [0.2, 0.25) is 0 Å². The van der Waals surface area contributed by atoms with Gasteiger partial charge in [0.25, 0.3) is 0 Å². The average molecular weight is 448 g/mol. The number of aryl methyl sites for hydroxylation is 1. The number of nitrogens with zero attached hydrogens (tertiary/aromatic N) is 1. The number of carbonyl (C=O) groups is 2. The standard InChI is InChI=1S/C26H19Cl2NO2/c1-2-15-11-13-16(14-12-15)29-23(30)21-22(24(29)31)26(28)18-8-4-3-7-17(18)25(21,27)19-9-5-6-10-20(19)26/h3-14,21-22H,2H2,1H3/t21-,22-,25?,26?/m1/s1. The first-order valence-electron chi connectivity index (χ1n) is 10.5. The largest absolute Gasteiger partial charge is 0.274 e. The summed E-state index contributed by atoms with van der Waals surface area (Å²) in [6.07, 6.45) is 0.883. The highest BCUT2D eigenvalue weighted by Crippen LogP contribution is 2.69. The molecule has 5 heteroatoms. The number of halogens is 2. The fourth-order valence-electron chi connectivity index (χ4n) is 5.80. The molecule has 7 rings (SSSR count). The van der Waals surface area contributed by atoms with Crippen LogP contribution in [-0.4, -0.2) is 11.8 Å². The zero-order valence-electron chi connectivity index (χ0n) is 16.8. The van der Waals surface area contributed by atoms with Gasteiger partial charge in [-0.25, -0.2) is 4.90 Å². The van der Waals surface area contributed by atoms with Crippen molar-refractivity contribution in [2.45, 2.75) is 23.1 Å². The number of anilines is 1. The Morgan fingerprint density at radius 3 is 1.45 bits per heavy atom. The quantitative estimate of drug-likeness (QED) is 0.392. The van der Waals surface area contributed by atoms with Crippen molar-refractivity contribution < 1.29 is 9.59 Å². The van der Waals surface area contributed by atoms with Crippen LogP contribution >= 0.6 is 23.2 Å². The summed E-state index contributed by atoms with van der Waals surface area (Å²) in [6.45, 7) is 2.07. The van der Waals surface area contributed by atoms with Crippen LogP contribution in [0.4, 0.5) is 5.69 Å². The summed E-state index contributed by atoms with van der Waals surface area (Å²) in [5, 5.41) is 0. The SMILES string of the molecule is CCc1ccc(N2C(=O)[C@H]3[C@H](C2=O)C2(Cl)c4ccccc4C3(Cl)c3ccccc32)cc1. The van der Waals surface area contributed by atoms with Gasteiger partial charge in [-0.3, -0.25) is 9.59 Å². The molecular weight excluding hydrogens is 429 g/mol. The molecule has 1 aliphatic heterocycles. The van der Waals surface area contributed by atoms with Crippen LogP contribution in [0.3, 0.4) is 0 Å². The van der Waals surface area contributed by atoms with E-state index in [1.807, 2.05) is 72.8 Å². The Balaban J connectivity index is 1.62. The van der Waals surface area contributed by atoms with E-state index in [0.717, 1.165) is 34.2 Å². The summed E-state index contributed by atoms with van der Waals surface area (Å²) < 4.78 is 0. The second-order valence-corrected chi connectivity index (χ2v) is 9.69. The van der Waals surface area contributed by atoms with Gasteiger partial charge in [0.1, 0.15) is 9.75 Å². The number of amides is 2. The van der Waals surface area contributed by atoms with Crippen LogP contribution < -0.4 is 4.90 Å². The molecule has 3 aromatic carbocycles. The minimum atomic E-state index is -1.14. The van der Waals surface area contributed by atoms with Crippen LogP contribution in [0, 0.1) is 11.8 Å². The zero-order valence-corrected chi connectivity index (χ0v) is 18.3. The van der Waals surface area contributed by atoms with E-state index in [2.05, 4.69) is 6.92 Å². The van der Waals surface area contributed by atoms with Gasteiger partial charge >= 0.3 is 0 Å². The van der Waals surface area contributed by atoms with Crippen LogP contribution in [0.1, 0.15) is 34.7 Å². The van der Waals surface area contributed by atoms with Crippen LogP contribution in [0.25, 0.3) is 0 Å². The number of alkyl halides is 2. The Bertz CT molecular complexity index is 1140. The molecule has 0 radical (unpaired) electrons. The number of hydrogen-bond donors (Lipinski definition) is 0. The normalized spacial score (nSPS) is 30.2. The van der Waals surface area contributed by atoms with Crippen molar-refractivity contribution in [1.29, 1.82) is 0 Å². The van der Waals surface area contributed by atoms with Gasteiger partial charge in [0.2, 0.25) is 11.8 Å². The topological polar surface area (TPSA) is 37.4 Å². The molecule has 0 aromatic heterocycles. The lowest BCUT2D eigenvalue weighted by Gasteiger charge is -2.54. The van der Waals surface area contributed by atoms with Crippen LogP contribution in [0.15, 0.2) is 72.8 Å². The zero-order chi connectivity index (χ0) is 21.5. The van der Waals surface area contributed by atoms with Gasteiger partial charge in [-0.1, -0.05) is 67.6 Å². The predicted octanol–water partition coefficient (Wildman–Crippen LogP) is 5.35. The minimum Gasteiger partial charge on any atom is -0.274 e. The van der Waals surface area contributed by atoms with Crippen LogP contribution in [0.5, 0.6) is 0 Å². The second-order valence-electron chi connectivity index (χ2n) is 8.50. The van der Waals surface area contributed by atoms with Crippen molar-refractivity contribution in [1.82, 2.24) is 0 Å². The fraction of sp³-hybridized carbons (Fsp3) is 0.231. The van der Waals surface area contributed by atoms with E-state index in [9.17, 15) is 9.59 Å². The molecule has 1 saturated heterocycles. The van der Waals surface area contributed by atoms with Gasteiger partial charge in [-0.15, -0.1) is 23.2 Å². The monoisotopic (exact) mass is 447 g/mol. The van der Waals surface area contributed by atoms with E-state index in [1.165, 1.54) is 4.90 Å². The number of rotatable bonds is 2. The fourth-order valence-corrected chi connectivity index (χ4v) is 6.90. The van der Waals surface area contributed by atoms with E-state index in [-0.39, 0.29) is 11.8 Å². The molecule has 2 amide bonds. The van der Waals surface area contributed by atoms with Crippen molar-refractivity contribution in [3.8, 4) is 0 Å². The Morgan fingerprint density at radius 2 is 1.10 bits per heavy atom. The summed E-state index contributed by atoms with van der Waals surface area (Å²) >= 11 is 14.8. The lowest BCUT2D eigenvalue weighted by atomic mass is 9.54. The predicted molar refractivity (Wildman–Crippen MR) is 121 cm³/mol. The lowest BCUT2D eigenvalue weighted by molar-refractivity contribution is -0.122. The van der Waals surface area contributed by atoms with Crippen molar-refractivity contribution in [2.24, 2.45) is 11.8 Å². The van der Waals surface area contributed by atoms with Gasteiger partial charge in [-0.05, 0) is 46.4 Å². The molecule has 4 aliphatic rings. The Morgan fingerprint density at radius 1 is 0.710 bits per heavy atom. The molecule has 1 fully saturated rings. The van der Waals surface area contributed by atoms with E-state index in [0.29, 0.717) is 5.69 Å². The molecule has 2 bridgehead atoms. The molecule has 0 N–H and O–H groups in total. The van der Waals surface area contributed by atoms with Crippen molar-refractivity contribution in [3.63, 3.8) is 0 Å². The molecule has 3 nitrogen and oxygen atoms in total. The highest BCUT2D eigenvalue weighted by atomic mass is 35.5. The Hall–Kier alpha value is -2.62. The molecule has 3 aromatic rings. The summed E-state index contributed by atoms with van der Waals surface area (Å²) in [5.74, 6) is -2.11. The van der Waals surface area contributed by atoms with Gasteiger partial charge in [0.15, 0.2) is 0 Å². The maximum absolute atomic E-state index is 13.8. The smallest absolute Gasteiger partial charge is 0.240 e. The van der Waals surface area contributed by atoms with Crippen molar-refractivity contribution >= 4 is 40.7 Å². The molecule has 31 heavy (non-hydrogen) atoms. The third-order valence-corrected chi connectivity index (χ3v) is 8.47. The van der Waals surface area contributed by atoms with E-state index in [4.69, 9.17) is 23.2 Å². The van der Waals surface area contributed by atoms with Gasteiger partial charge in [-0.2, -0.15) is 0 Å². The average Bonchev–Trinajstić information content (AvgIpc) is 3.08. The summed E-state index contributed by atoms with van der Waals surface area (Å²) in [7, 11) is 0. The first kappa shape index (κ1) is 19.1. The number of benzene rings is 3. The number of carbonyl (C=O) groups excluding carboxylic acids is 2. The van der Waals surface area contributed by atoms with Crippen molar-refractivity contribution in [3.05, 3.63) is 101 Å². The molecular formula is C26H19Cl2NO2. The highest BCUT2D eigenvalue weighted by Gasteiger charge is 2.73.